The Labute approximate surface area is 119 Å². The summed E-state index contributed by atoms with van der Waals surface area (Å²) in [4.78, 5) is 13.5. The first-order valence-electron chi connectivity index (χ1n) is 6.55. The van der Waals surface area contributed by atoms with E-state index in [1.807, 2.05) is 61.5 Å². The Morgan fingerprint density at radius 1 is 1.05 bits per heavy atom. The fraction of sp³-hybridized carbons (Fsp3) is 0.235. The third kappa shape index (κ3) is 3.71. The van der Waals surface area contributed by atoms with E-state index in [1.165, 1.54) is 5.56 Å². The van der Waals surface area contributed by atoms with Crippen molar-refractivity contribution in [3.63, 3.8) is 0 Å². The third-order valence-corrected chi connectivity index (χ3v) is 4.18. The highest BCUT2D eigenvalue weighted by molar-refractivity contribution is 8.00. The van der Waals surface area contributed by atoms with E-state index < -0.39 is 0 Å². The Kier molecular flexibility index (Phi) is 4.80. The number of carbonyl (C=O) groups is 1. The van der Waals surface area contributed by atoms with Crippen LogP contribution in [0.1, 0.15) is 29.8 Å². The molecule has 0 saturated heterocycles. The number of rotatable bonds is 5. The molecule has 0 radical (unpaired) electrons. The molecular formula is C17H18OS. The number of hydrogen-bond donors (Lipinski definition) is 0. The molecule has 1 unspecified atom stereocenters. The summed E-state index contributed by atoms with van der Waals surface area (Å²) in [6, 6.07) is 18.0. The fourth-order valence-corrected chi connectivity index (χ4v) is 2.86. The SMILES string of the molecule is CCc1ccc(C(=O)C(C)Sc2ccccc2)cc1. The molecule has 2 aromatic rings. The van der Waals surface area contributed by atoms with E-state index in [1.54, 1.807) is 11.8 Å². The summed E-state index contributed by atoms with van der Waals surface area (Å²) in [6.07, 6.45) is 1.00. The smallest absolute Gasteiger partial charge is 0.175 e. The molecule has 2 heteroatoms. The Bertz CT molecular complexity index is 531. The van der Waals surface area contributed by atoms with E-state index in [9.17, 15) is 4.79 Å². The minimum atomic E-state index is -0.0603. The minimum absolute atomic E-state index is 0.0603. The van der Waals surface area contributed by atoms with Crippen molar-refractivity contribution in [1.29, 1.82) is 0 Å². The summed E-state index contributed by atoms with van der Waals surface area (Å²) in [5.74, 6) is 0.191. The number of thioether (sulfide) groups is 1. The van der Waals surface area contributed by atoms with Gasteiger partial charge in [-0.05, 0) is 31.0 Å². The lowest BCUT2D eigenvalue weighted by Crippen LogP contribution is -2.13. The van der Waals surface area contributed by atoms with Gasteiger partial charge in [0.2, 0.25) is 0 Å². The van der Waals surface area contributed by atoms with Gasteiger partial charge in [-0.1, -0.05) is 49.4 Å². The van der Waals surface area contributed by atoms with Crippen molar-refractivity contribution in [2.45, 2.75) is 30.4 Å². The normalized spacial score (nSPS) is 12.1. The second kappa shape index (κ2) is 6.58. The monoisotopic (exact) mass is 270 g/mol. The first-order chi connectivity index (χ1) is 9.20. The van der Waals surface area contributed by atoms with Gasteiger partial charge in [-0.25, -0.2) is 0 Å². The fourth-order valence-electron chi connectivity index (χ4n) is 1.90. The van der Waals surface area contributed by atoms with Crippen molar-refractivity contribution in [1.82, 2.24) is 0 Å². The van der Waals surface area contributed by atoms with Crippen LogP contribution in [0.15, 0.2) is 59.5 Å². The Hall–Kier alpha value is -1.54. The molecule has 0 heterocycles. The first-order valence-corrected chi connectivity index (χ1v) is 7.43. The van der Waals surface area contributed by atoms with Crippen LogP contribution in [-0.2, 0) is 6.42 Å². The zero-order valence-corrected chi connectivity index (χ0v) is 12.1. The summed E-state index contributed by atoms with van der Waals surface area (Å²) >= 11 is 1.61. The van der Waals surface area contributed by atoms with Crippen LogP contribution in [0, 0.1) is 0 Å². The second-order valence-corrected chi connectivity index (χ2v) is 5.90. The van der Waals surface area contributed by atoms with Crippen molar-refractivity contribution in [3.05, 3.63) is 65.7 Å². The zero-order valence-electron chi connectivity index (χ0n) is 11.3. The van der Waals surface area contributed by atoms with Gasteiger partial charge in [-0.15, -0.1) is 11.8 Å². The molecule has 98 valence electrons. The maximum Gasteiger partial charge on any atom is 0.175 e. The second-order valence-electron chi connectivity index (χ2n) is 4.49. The molecule has 1 atom stereocenters. The van der Waals surface area contributed by atoms with Gasteiger partial charge in [0.05, 0.1) is 5.25 Å². The molecule has 0 aliphatic heterocycles. The van der Waals surface area contributed by atoms with Crippen molar-refractivity contribution in [3.8, 4) is 0 Å². The predicted molar refractivity (Wildman–Crippen MR) is 81.9 cm³/mol. The van der Waals surface area contributed by atoms with Gasteiger partial charge < -0.3 is 0 Å². The Morgan fingerprint density at radius 3 is 2.26 bits per heavy atom. The quantitative estimate of drug-likeness (QED) is 0.583. The summed E-state index contributed by atoms with van der Waals surface area (Å²) in [6.45, 7) is 4.08. The number of ketones is 1. The van der Waals surface area contributed by atoms with Gasteiger partial charge in [-0.2, -0.15) is 0 Å². The number of benzene rings is 2. The van der Waals surface area contributed by atoms with Gasteiger partial charge in [-0.3, -0.25) is 4.79 Å². The molecule has 2 aromatic carbocycles. The maximum absolute atomic E-state index is 12.3. The third-order valence-electron chi connectivity index (χ3n) is 3.07. The summed E-state index contributed by atoms with van der Waals surface area (Å²) in [5, 5.41) is -0.0603. The lowest BCUT2D eigenvalue weighted by Gasteiger charge is -2.10. The Morgan fingerprint density at radius 2 is 1.68 bits per heavy atom. The summed E-state index contributed by atoms with van der Waals surface area (Å²) in [5.41, 5.74) is 2.06. The van der Waals surface area contributed by atoms with Crippen LogP contribution in [0.3, 0.4) is 0 Å². The van der Waals surface area contributed by atoms with E-state index in [2.05, 4.69) is 6.92 Å². The molecular weight excluding hydrogens is 252 g/mol. The molecule has 19 heavy (non-hydrogen) atoms. The van der Waals surface area contributed by atoms with Crippen LogP contribution >= 0.6 is 11.8 Å². The van der Waals surface area contributed by atoms with Gasteiger partial charge in [0.1, 0.15) is 0 Å². The van der Waals surface area contributed by atoms with Crippen LogP contribution in [0.5, 0.6) is 0 Å². The average Bonchev–Trinajstić information content (AvgIpc) is 2.47. The maximum atomic E-state index is 12.3. The predicted octanol–water partition coefficient (Wildman–Crippen LogP) is 4.61. The zero-order chi connectivity index (χ0) is 13.7. The van der Waals surface area contributed by atoms with Crippen molar-refractivity contribution < 1.29 is 4.79 Å². The highest BCUT2D eigenvalue weighted by Gasteiger charge is 2.16. The standard InChI is InChI=1S/C17H18OS/c1-3-14-9-11-15(12-10-14)17(18)13(2)19-16-7-5-4-6-8-16/h4-13H,3H2,1-2H3. The number of aryl methyl sites for hydroxylation is 1. The molecule has 1 nitrogen and oxygen atoms in total. The topological polar surface area (TPSA) is 17.1 Å². The van der Waals surface area contributed by atoms with Gasteiger partial charge in [0.25, 0.3) is 0 Å². The Balaban J connectivity index is 2.06. The van der Waals surface area contributed by atoms with Crippen molar-refractivity contribution in [2.24, 2.45) is 0 Å². The minimum Gasteiger partial charge on any atom is -0.293 e. The largest absolute Gasteiger partial charge is 0.293 e. The molecule has 0 aromatic heterocycles. The van der Waals surface area contributed by atoms with Crippen LogP contribution in [0.4, 0.5) is 0 Å². The molecule has 0 aliphatic carbocycles. The molecule has 0 N–H and O–H groups in total. The molecule has 0 aliphatic rings. The molecule has 2 rings (SSSR count). The highest BCUT2D eigenvalue weighted by Crippen LogP contribution is 2.25. The number of Topliss-reactive ketones (excluding diaryl/α,β-unsaturated/α-hetero) is 1. The molecule has 0 spiro atoms. The van der Waals surface area contributed by atoms with E-state index in [0.717, 1.165) is 16.9 Å². The van der Waals surface area contributed by atoms with Crippen molar-refractivity contribution >= 4 is 17.5 Å². The van der Waals surface area contributed by atoms with E-state index >= 15 is 0 Å². The van der Waals surface area contributed by atoms with Crippen molar-refractivity contribution in [2.75, 3.05) is 0 Å². The van der Waals surface area contributed by atoms with Gasteiger partial charge in [0, 0.05) is 10.5 Å². The van der Waals surface area contributed by atoms with Gasteiger partial charge >= 0.3 is 0 Å². The molecule has 0 amide bonds. The van der Waals surface area contributed by atoms with Crippen LogP contribution in [0.2, 0.25) is 0 Å². The van der Waals surface area contributed by atoms with Crippen LogP contribution in [-0.4, -0.2) is 11.0 Å². The average molecular weight is 270 g/mol. The first kappa shape index (κ1) is 13.9. The van der Waals surface area contributed by atoms with E-state index in [4.69, 9.17) is 0 Å². The van der Waals surface area contributed by atoms with E-state index in [0.29, 0.717) is 0 Å². The number of hydrogen-bond acceptors (Lipinski definition) is 2. The van der Waals surface area contributed by atoms with Crippen LogP contribution < -0.4 is 0 Å². The van der Waals surface area contributed by atoms with Gasteiger partial charge in [0.15, 0.2) is 5.78 Å². The molecule has 0 bridgehead atoms. The lowest BCUT2D eigenvalue weighted by molar-refractivity contribution is 0.0994. The molecule has 0 fully saturated rings. The van der Waals surface area contributed by atoms with E-state index in [-0.39, 0.29) is 11.0 Å². The van der Waals surface area contributed by atoms with Crippen LogP contribution in [0.25, 0.3) is 0 Å². The highest BCUT2D eigenvalue weighted by atomic mass is 32.2. The summed E-state index contributed by atoms with van der Waals surface area (Å²) < 4.78 is 0. The molecule has 0 saturated carbocycles. The lowest BCUT2D eigenvalue weighted by atomic mass is 10.1. The summed E-state index contributed by atoms with van der Waals surface area (Å²) in [7, 11) is 0. The number of carbonyl (C=O) groups excluding carboxylic acids is 1.